The third kappa shape index (κ3) is 4.56. The first-order valence-corrected chi connectivity index (χ1v) is 12.0. The molecule has 3 aromatic rings. The lowest BCUT2D eigenvalue weighted by molar-refractivity contribution is 0.0977. The van der Waals surface area contributed by atoms with Gasteiger partial charge < -0.3 is 4.90 Å². The lowest BCUT2D eigenvalue weighted by Gasteiger charge is -2.39. The molecule has 2 aromatic carbocycles. The number of likely N-dealkylation sites (tertiary alicyclic amines) is 1. The van der Waals surface area contributed by atoms with E-state index in [1.54, 1.807) is 18.3 Å². The fourth-order valence-electron chi connectivity index (χ4n) is 5.01. The summed E-state index contributed by atoms with van der Waals surface area (Å²) in [6.07, 6.45) is 8.00. The molecule has 2 aliphatic heterocycles. The molecule has 0 unspecified atom stereocenters. The molecule has 1 saturated heterocycles. The van der Waals surface area contributed by atoms with Gasteiger partial charge >= 0.3 is 0 Å². The van der Waals surface area contributed by atoms with Gasteiger partial charge in [0.15, 0.2) is 0 Å². The van der Waals surface area contributed by atoms with Crippen LogP contribution in [-0.2, 0) is 5.41 Å². The number of carbonyl (C=O) groups excluding carboxylic acids is 1. The fourth-order valence-corrected chi connectivity index (χ4v) is 5.31. The summed E-state index contributed by atoms with van der Waals surface area (Å²) >= 11 is 12.0. The van der Waals surface area contributed by atoms with E-state index in [1.165, 1.54) is 5.56 Å². The molecule has 33 heavy (non-hydrogen) atoms. The first kappa shape index (κ1) is 22.1. The number of pyridine rings is 1. The smallest absolute Gasteiger partial charge is 0.258 e. The Hall–Kier alpha value is -2.66. The quantitative estimate of drug-likeness (QED) is 0.426. The van der Waals surface area contributed by atoms with E-state index in [0.29, 0.717) is 17.3 Å². The molecular weight excluding hydrogens is 453 g/mol. The SMILES string of the molecule is O=C(c1ccnc(Cl)c1)N1CC2(CCN(C/C=C/c3ccc(Cl)cc3)CC2)c2ccccc21. The number of hydrogen-bond acceptors (Lipinski definition) is 3. The van der Waals surface area contributed by atoms with E-state index in [4.69, 9.17) is 23.2 Å². The van der Waals surface area contributed by atoms with E-state index >= 15 is 0 Å². The van der Waals surface area contributed by atoms with E-state index in [2.05, 4.69) is 40.2 Å². The minimum absolute atomic E-state index is 0.000524. The number of benzene rings is 2. The summed E-state index contributed by atoms with van der Waals surface area (Å²) in [5.74, 6) is -0.0167. The van der Waals surface area contributed by atoms with Crippen LogP contribution in [0.3, 0.4) is 0 Å². The molecule has 168 valence electrons. The van der Waals surface area contributed by atoms with Crippen LogP contribution in [0.25, 0.3) is 6.08 Å². The van der Waals surface area contributed by atoms with Crippen molar-refractivity contribution in [2.45, 2.75) is 18.3 Å². The van der Waals surface area contributed by atoms with Gasteiger partial charge in [-0.15, -0.1) is 0 Å². The van der Waals surface area contributed by atoms with Crippen molar-refractivity contribution in [2.24, 2.45) is 0 Å². The van der Waals surface area contributed by atoms with Crippen molar-refractivity contribution < 1.29 is 4.79 Å². The third-order valence-corrected chi connectivity index (χ3v) is 7.26. The first-order valence-electron chi connectivity index (χ1n) is 11.2. The van der Waals surface area contributed by atoms with Crippen LogP contribution in [0.4, 0.5) is 5.69 Å². The van der Waals surface area contributed by atoms with Gasteiger partial charge in [0.2, 0.25) is 0 Å². The van der Waals surface area contributed by atoms with Crippen molar-refractivity contribution in [3.05, 3.63) is 99.8 Å². The summed E-state index contributed by atoms with van der Waals surface area (Å²) in [4.78, 5) is 21.8. The monoisotopic (exact) mass is 477 g/mol. The van der Waals surface area contributed by atoms with E-state index in [-0.39, 0.29) is 11.3 Å². The molecule has 4 nitrogen and oxygen atoms in total. The predicted molar refractivity (Wildman–Crippen MR) is 135 cm³/mol. The lowest BCUT2D eigenvalue weighted by atomic mass is 9.74. The highest BCUT2D eigenvalue weighted by atomic mass is 35.5. The summed E-state index contributed by atoms with van der Waals surface area (Å²) < 4.78 is 0. The normalized spacial score (nSPS) is 17.6. The van der Waals surface area contributed by atoms with Crippen molar-refractivity contribution in [1.82, 2.24) is 9.88 Å². The molecule has 0 saturated carbocycles. The highest BCUT2D eigenvalue weighted by Gasteiger charge is 2.46. The molecule has 0 radical (unpaired) electrons. The molecule has 2 aliphatic rings. The second kappa shape index (κ2) is 9.30. The van der Waals surface area contributed by atoms with E-state index in [9.17, 15) is 4.79 Å². The minimum atomic E-state index is -0.0167. The van der Waals surface area contributed by atoms with Crippen LogP contribution >= 0.6 is 23.2 Å². The number of nitrogens with zero attached hydrogens (tertiary/aromatic N) is 3. The molecule has 0 aliphatic carbocycles. The maximum atomic E-state index is 13.4. The average molecular weight is 478 g/mol. The molecule has 1 fully saturated rings. The maximum absolute atomic E-state index is 13.4. The fraction of sp³-hybridized carbons (Fsp3) is 0.259. The first-order chi connectivity index (χ1) is 16.0. The van der Waals surface area contributed by atoms with Gasteiger partial charge in [-0.3, -0.25) is 9.69 Å². The van der Waals surface area contributed by atoms with E-state index in [0.717, 1.165) is 48.7 Å². The van der Waals surface area contributed by atoms with Crippen LogP contribution in [0.5, 0.6) is 0 Å². The van der Waals surface area contributed by atoms with Crippen molar-refractivity contribution in [3.8, 4) is 0 Å². The van der Waals surface area contributed by atoms with E-state index < -0.39 is 0 Å². The van der Waals surface area contributed by atoms with Crippen LogP contribution in [0.2, 0.25) is 10.2 Å². The summed E-state index contributed by atoms with van der Waals surface area (Å²) in [5.41, 5.74) is 4.04. The van der Waals surface area contributed by atoms with Gasteiger partial charge in [-0.25, -0.2) is 4.98 Å². The second-order valence-electron chi connectivity index (χ2n) is 8.81. The highest BCUT2D eigenvalue weighted by molar-refractivity contribution is 6.30. The molecule has 5 rings (SSSR count). The minimum Gasteiger partial charge on any atom is -0.307 e. The topological polar surface area (TPSA) is 36.4 Å². The molecule has 1 aromatic heterocycles. The Morgan fingerprint density at radius 1 is 1.03 bits per heavy atom. The summed E-state index contributed by atoms with van der Waals surface area (Å²) in [6.45, 7) is 3.63. The van der Waals surface area contributed by atoms with Crippen LogP contribution in [0.1, 0.15) is 34.3 Å². The Labute approximate surface area is 204 Å². The lowest BCUT2D eigenvalue weighted by Crippen LogP contribution is -2.46. The number of aromatic nitrogens is 1. The number of hydrogen-bond donors (Lipinski definition) is 0. The van der Waals surface area contributed by atoms with Crippen molar-refractivity contribution >= 4 is 40.9 Å². The third-order valence-electron chi connectivity index (χ3n) is 6.80. The molecule has 3 heterocycles. The Morgan fingerprint density at radius 2 is 1.79 bits per heavy atom. The van der Waals surface area contributed by atoms with Gasteiger partial charge in [-0.05, 0) is 67.4 Å². The van der Waals surface area contributed by atoms with Crippen LogP contribution in [-0.4, -0.2) is 42.0 Å². The second-order valence-corrected chi connectivity index (χ2v) is 9.63. The Morgan fingerprint density at radius 3 is 2.55 bits per heavy atom. The number of amides is 1. The molecular formula is C27H25Cl2N3O. The molecule has 0 N–H and O–H groups in total. The molecule has 6 heteroatoms. The van der Waals surface area contributed by atoms with Crippen LogP contribution in [0.15, 0.2) is 72.9 Å². The largest absolute Gasteiger partial charge is 0.307 e. The number of rotatable bonds is 4. The van der Waals surface area contributed by atoms with Crippen LogP contribution < -0.4 is 4.90 Å². The Kier molecular flexibility index (Phi) is 6.24. The zero-order chi connectivity index (χ0) is 22.8. The zero-order valence-electron chi connectivity index (χ0n) is 18.3. The number of carbonyl (C=O) groups is 1. The molecule has 1 spiro atoms. The predicted octanol–water partition coefficient (Wildman–Crippen LogP) is 6.10. The van der Waals surface area contributed by atoms with Gasteiger partial charge in [0.1, 0.15) is 5.15 Å². The van der Waals surface area contributed by atoms with Crippen molar-refractivity contribution in [3.63, 3.8) is 0 Å². The number of anilines is 1. The summed E-state index contributed by atoms with van der Waals surface area (Å²) in [6, 6.07) is 19.6. The standard InChI is InChI=1S/C27H25Cl2N3O/c28-22-9-7-20(8-10-22)4-3-15-31-16-12-27(13-17-31)19-32(24-6-2-1-5-23(24)27)26(33)21-11-14-30-25(29)18-21/h1-11,14,18H,12-13,15-17,19H2/b4-3+. The number of piperidine rings is 1. The van der Waals surface area contributed by atoms with Crippen molar-refractivity contribution in [1.29, 1.82) is 0 Å². The average Bonchev–Trinajstić information content (AvgIpc) is 3.15. The van der Waals surface area contributed by atoms with Gasteiger partial charge in [0, 0.05) is 41.0 Å². The molecule has 0 atom stereocenters. The Balaban J connectivity index is 1.29. The highest BCUT2D eigenvalue weighted by Crippen LogP contribution is 2.47. The molecule has 1 amide bonds. The van der Waals surface area contributed by atoms with E-state index in [1.807, 2.05) is 35.2 Å². The van der Waals surface area contributed by atoms with Gasteiger partial charge in [-0.2, -0.15) is 0 Å². The van der Waals surface area contributed by atoms with Crippen molar-refractivity contribution in [2.75, 3.05) is 31.1 Å². The van der Waals surface area contributed by atoms with Gasteiger partial charge in [-0.1, -0.05) is 65.7 Å². The van der Waals surface area contributed by atoms with Crippen LogP contribution in [0, 0.1) is 0 Å². The summed E-state index contributed by atoms with van der Waals surface area (Å²) in [7, 11) is 0. The zero-order valence-corrected chi connectivity index (χ0v) is 19.8. The maximum Gasteiger partial charge on any atom is 0.258 e. The number of fused-ring (bicyclic) bond motifs is 2. The van der Waals surface area contributed by atoms with Gasteiger partial charge in [0.25, 0.3) is 5.91 Å². The Bertz CT molecular complexity index is 1180. The number of para-hydroxylation sites is 1. The summed E-state index contributed by atoms with van der Waals surface area (Å²) in [5, 5.41) is 1.09. The van der Waals surface area contributed by atoms with Gasteiger partial charge in [0.05, 0.1) is 0 Å². The molecule has 0 bridgehead atoms. The number of halogens is 2.